The van der Waals surface area contributed by atoms with E-state index >= 15 is 0 Å². The van der Waals surface area contributed by atoms with Gasteiger partial charge in [-0.1, -0.05) is 41.9 Å². The summed E-state index contributed by atoms with van der Waals surface area (Å²) >= 11 is 9.55. The van der Waals surface area contributed by atoms with E-state index in [9.17, 15) is 0 Å². The van der Waals surface area contributed by atoms with E-state index in [1.807, 2.05) is 0 Å². The fraction of sp³-hybridized carbons (Fsp3) is 0.500. The van der Waals surface area contributed by atoms with Crippen molar-refractivity contribution >= 4 is 27.5 Å². The van der Waals surface area contributed by atoms with Crippen molar-refractivity contribution in [1.82, 2.24) is 5.32 Å². The number of benzene rings is 1. The monoisotopic (exact) mass is 289 g/mol. The van der Waals surface area contributed by atoms with Crippen LogP contribution in [0, 0.1) is 5.92 Å². The lowest BCUT2D eigenvalue weighted by Crippen LogP contribution is -2.26. The van der Waals surface area contributed by atoms with E-state index < -0.39 is 0 Å². The Labute approximate surface area is 105 Å². The molecule has 1 unspecified atom stereocenters. The molecule has 0 aliphatic carbocycles. The van der Waals surface area contributed by atoms with Crippen molar-refractivity contribution in [3.05, 3.63) is 34.3 Å². The first-order valence-corrected chi connectivity index (χ1v) is 6.41. The zero-order chi connectivity index (χ0) is 11.3. The first kappa shape index (κ1) is 13.0. The Morgan fingerprint density at radius 1 is 1.27 bits per heavy atom. The molecule has 0 amide bonds. The van der Waals surface area contributed by atoms with Crippen LogP contribution < -0.4 is 5.32 Å². The lowest BCUT2D eigenvalue weighted by atomic mass is 10.1. The maximum absolute atomic E-state index is 6.14. The summed E-state index contributed by atoms with van der Waals surface area (Å²) in [5, 5.41) is 3.56. The van der Waals surface area contributed by atoms with Crippen molar-refractivity contribution < 1.29 is 0 Å². The number of rotatable bonds is 5. The molecule has 0 fully saturated rings. The largest absolute Gasteiger partial charge is 0.311 e. The summed E-state index contributed by atoms with van der Waals surface area (Å²) in [5.41, 5.74) is 1.28. The second-order valence-corrected chi connectivity index (χ2v) is 5.49. The number of halogens is 2. The number of alkyl halides is 1. The van der Waals surface area contributed by atoms with Gasteiger partial charge in [-0.3, -0.25) is 0 Å². The third-order valence-corrected chi connectivity index (χ3v) is 3.49. The van der Waals surface area contributed by atoms with E-state index in [0.717, 1.165) is 17.6 Å². The van der Waals surface area contributed by atoms with Gasteiger partial charge < -0.3 is 5.32 Å². The van der Waals surface area contributed by atoms with Gasteiger partial charge in [-0.25, -0.2) is 0 Å². The van der Waals surface area contributed by atoms with Crippen LogP contribution in [0.5, 0.6) is 0 Å². The summed E-state index contributed by atoms with van der Waals surface area (Å²) in [6.45, 7) is 6.01. The van der Waals surface area contributed by atoms with Crippen LogP contribution in [0.15, 0.2) is 28.7 Å². The summed E-state index contributed by atoms with van der Waals surface area (Å²) in [6.07, 6.45) is 0. The molecule has 1 aromatic rings. The number of nitrogens with one attached hydrogen (secondary N) is 1. The van der Waals surface area contributed by atoms with Crippen molar-refractivity contribution in [2.45, 2.75) is 25.8 Å². The van der Waals surface area contributed by atoms with Crippen LogP contribution in [0.25, 0.3) is 0 Å². The van der Waals surface area contributed by atoms with Gasteiger partial charge in [0.1, 0.15) is 0 Å². The lowest BCUT2D eigenvalue weighted by Gasteiger charge is -2.14. The van der Waals surface area contributed by atoms with E-state index in [-0.39, 0.29) is 5.38 Å². The Balaban J connectivity index is 2.29. The molecule has 0 aliphatic heterocycles. The van der Waals surface area contributed by atoms with E-state index in [1.165, 1.54) is 5.56 Å². The zero-order valence-electron chi connectivity index (χ0n) is 9.13. The van der Waals surface area contributed by atoms with Gasteiger partial charge >= 0.3 is 0 Å². The fourth-order valence-corrected chi connectivity index (χ4v) is 1.57. The summed E-state index contributed by atoms with van der Waals surface area (Å²) in [5.74, 6) is 0.518. The van der Waals surface area contributed by atoms with Crippen LogP contribution in [-0.2, 0) is 6.54 Å². The highest BCUT2D eigenvalue weighted by Crippen LogP contribution is 2.11. The van der Waals surface area contributed by atoms with Gasteiger partial charge in [-0.2, -0.15) is 0 Å². The van der Waals surface area contributed by atoms with Gasteiger partial charge in [0.2, 0.25) is 0 Å². The molecule has 0 saturated carbocycles. The number of hydrogen-bond acceptors (Lipinski definition) is 1. The summed E-state index contributed by atoms with van der Waals surface area (Å²) in [6, 6.07) is 8.32. The molecule has 0 saturated heterocycles. The molecule has 1 aromatic carbocycles. The summed E-state index contributed by atoms with van der Waals surface area (Å²) in [4.78, 5) is 0. The minimum Gasteiger partial charge on any atom is -0.311 e. The Bertz CT molecular complexity index is 284. The van der Waals surface area contributed by atoms with E-state index in [0.29, 0.717) is 5.92 Å². The molecule has 15 heavy (non-hydrogen) atoms. The molecule has 0 aromatic heterocycles. The van der Waals surface area contributed by atoms with Crippen LogP contribution in [0.1, 0.15) is 19.4 Å². The van der Waals surface area contributed by atoms with Crippen molar-refractivity contribution in [2.24, 2.45) is 5.92 Å². The first-order chi connectivity index (χ1) is 7.09. The molecule has 0 bridgehead atoms. The van der Waals surface area contributed by atoms with Gasteiger partial charge in [0, 0.05) is 22.9 Å². The smallest absolute Gasteiger partial charge is 0.0483 e. The first-order valence-electron chi connectivity index (χ1n) is 5.19. The topological polar surface area (TPSA) is 12.0 Å². The van der Waals surface area contributed by atoms with Crippen LogP contribution in [0.3, 0.4) is 0 Å². The molecule has 3 heteroatoms. The standard InChI is InChI=1S/C12H17BrClN/c1-9(2)12(14)8-15-7-10-3-5-11(13)6-4-10/h3-6,9,12,15H,7-8H2,1-2H3. The van der Waals surface area contributed by atoms with Crippen molar-refractivity contribution in [1.29, 1.82) is 0 Å². The zero-order valence-corrected chi connectivity index (χ0v) is 11.5. The van der Waals surface area contributed by atoms with Crippen molar-refractivity contribution in [2.75, 3.05) is 6.54 Å². The van der Waals surface area contributed by atoms with E-state index in [2.05, 4.69) is 59.4 Å². The third-order valence-electron chi connectivity index (χ3n) is 2.31. The molecule has 0 heterocycles. The minimum absolute atomic E-state index is 0.209. The van der Waals surface area contributed by atoms with Crippen molar-refractivity contribution in [3.63, 3.8) is 0 Å². The predicted molar refractivity (Wildman–Crippen MR) is 70.3 cm³/mol. The molecule has 0 radical (unpaired) electrons. The van der Waals surface area contributed by atoms with E-state index in [4.69, 9.17) is 11.6 Å². The quantitative estimate of drug-likeness (QED) is 0.813. The highest BCUT2D eigenvalue weighted by Gasteiger charge is 2.08. The van der Waals surface area contributed by atoms with Crippen LogP contribution >= 0.6 is 27.5 Å². The predicted octanol–water partition coefficient (Wildman–Crippen LogP) is 3.80. The number of hydrogen-bond donors (Lipinski definition) is 1. The van der Waals surface area contributed by atoms with Gasteiger partial charge in [0.15, 0.2) is 0 Å². The highest BCUT2D eigenvalue weighted by atomic mass is 79.9. The molecule has 0 spiro atoms. The van der Waals surface area contributed by atoms with Gasteiger partial charge in [0.25, 0.3) is 0 Å². The maximum atomic E-state index is 6.14. The average molecular weight is 291 g/mol. The molecule has 1 N–H and O–H groups in total. The molecular weight excluding hydrogens is 273 g/mol. The molecule has 1 atom stereocenters. The normalized spacial score (nSPS) is 13.1. The second kappa shape index (κ2) is 6.51. The van der Waals surface area contributed by atoms with Gasteiger partial charge in [-0.15, -0.1) is 11.6 Å². The average Bonchev–Trinajstić information content (AvgIpc) is 2.20. The summed E-state index contributed by atoms with van der Waals surface area (Å²) in [7, 11) is 0. The van der Waals surface area contributed by atoms with Crippen LogP contribution in [0.4, 0.5) is 0 Å². The van der Waals surface area contributed by atoms with Crippen LogP contribution in [-0.4, -0.2) is 11.9 Å². The highest BCUT2D eigenvalue weighted by molar-refractivity contribution is 9.10. The Hall–Kier alpha value is -0.0500. The lowest BCUT2D eigenvalue weighted by molar-refractivity contribution is 0.546. The minimum atomic E-state index is 0.209. The van der Waals surface area contributed by atoms with Crippen LogP contribution in [0.2, 0.25) is 0 Å². The van der Waals surface area contributed by atoms with E-state index in [1.54, 1.807) is 0 Å². The molecule has 1 nitrogen and oxygen atoms in total. The van der Waals surface area contributed by atoms with Gasteiger partial charge in [-0.05, 0) is 23.6 Å². The Kier molecular flexibility index (Phi) is 5.65. The SMILES string of the molecule is CC(C)C(Cl)CNCc1ccc(Br)cc1. The second-order valence-electron chi connectivity index (χ2n) is 4.02. The summed E-state index contributed by atoms with van der Waals surface area (Å²) < 4.78 is 1.11. The molecule has 0 aliphatic rings. The molecule has 84 valence electrons. The van der Waals surface area contributed by atoms with Crippen molar-refractivity contribution in [3.8, 4) is 0 Å². The molecular formula is C12H17BrClN. The maximum Gasteiger partial charge on any atom is 0.0483 e. The molecule has 1 rings (SSSR count). The fourth-order valence-electron chi connectivity index (χ4n) is 1.19. The Morgan fingerprint density at radius 2 is 1.87 bits per heavy atom. The third kappa shape index (κ3) is 5.01. The van der Waals surface area contributed by atoms with Gasteiger partial charge in [0.05, 0.1) is 0 Å². The Morgan fingerprint density at radius 3 is 2.40 bits per heavy atom.